The van der Waals surface area contributed by atoms with Crippen LogP contribution in [0, 0.1) is 0 Å². The molecule has 1 N–H and O–H groups in total. The average Bonchev–Trinajstić information content (AvgIpc) is 2.54. The van der Waals surface area contributed by atoms with Gasteiger partial charge in [-0.1, -0.05) is 60.3 Å². The van der Waals surface area contributed by atoms with Gasteiger partial charge in [-0.25, -0.2) is 0 Å². The van der Waals surface area contributed by atoms with E-state index in [0.717, 1.165) is 6.42 Å². The summed E-state index contributed by atoms with van der Waals surface area (Å²) in [7, 11) is 0. The summed E-state index contributed by atoms with van der Waals surface area (Å²) in [6, 6.07) is 25.8. The minimum Gasteiger partial charge on any atom is -0.354 e. The van der Waals surface area contributed by atoms with Crippen molar-refractivity contribution in [2.75, 3.05) is 5.32 Å². The van der Waals surface area contributed by atoms with E-state index in [4.69, 9.17) is 0 Å². The normalized spacial score (nSPS) is 12.2. The zero-order chi connectivity index (χ0) is 14.1. The van der Waals surface area contributed by atoms with E-state index in [1.54, 1.807) is 0 Å². The summed E-state index contributed by atoms with van der Waals surface area (Å²) in [6.45, 7) is 0. The maximum absolute atomic E-state index is 3.55. The molecule has 0 saturated heterocycles. The third-order valence-corrected chi connectivity index (χ3v) is 4.82. The number of nitrogens with one attached hydrogen (secondary N) is 1. The summed E-state index contributed by atoms with van der Waals surface area (Å²) in [5.41, 5.74) is 5.10. The van der Waals surface area contributed by atoms with E-state index in [0.29, 0.717) is 0 Å². The summed E-state index contributed by atoms with van der Waals surface area (Å²) < 4.78 is 0. The second kappa shape index (κ2) is 5.30. The van der Waals surface area contributed by atoms with Crippen LogP contribution < -0.4 is 5.32 Å². The number of anilines is 2. The van der Waals surface area contributed by atoms with E-state index in [2.05, 4.69) is 78.1 Å². The fraction of sp³-hybridized carbons (Fsp3) is 0.0526. The molecule has 3 aromatic carbocycles. The first-order chi connectivity index (χ1) is 10.4. The first-order valence-corrected chi connectivity index (χ1v) is 7.91. The Labute approximate surface area is 129 Å². The van der Waals surface area contributed by atoms with Gasteiger partial charge in [0.1, 0.15) is 0 Å². The van der Waals surface area contributed by atoms with Crippen LogP contribution in [0.5, 0.6) is 0 Å². The molecule has 1 heterocycles. The summed E-state index contributed by atoms with van der Waals surface area (Å²) >= 11 is 1.84. The first kappa shape index (κ1) is 12.5. The Morgan fingerprint density at radius 2 is 1.43 bits per heavy atom. The van der Waals surface area contributed by atoms with Crippen molar-refractivity contribution < 1.29 is 0 Å². The van der Waals surface area contributed by atoms with E-state index >= 15 is 0 Å². The number of para-hydroxylation sites is 1. The second-order valence-corrected chi connectivity index (χ2v) is 6.30. The fourth-order valence-electron chi connectivity index (χ4n) is 2.63. The molecule has 0 atom stereocenters. The van der Waals surface area contributed by atoms with Crippen LogP contribution in [0.2, 0.25) is 0 Å². The molecule has 4 rings (SSSR count). The predicted molar refractivity (Wildman–Crippen MR) is 89.5 cm³/mol. The van der Waals surface area contributed by atoms with Gasteiger partial charge < -0.3 is 5.32 Å². The SMILES string of the molecule is c1ccc(Cc2ccc3c(c2)Nc2ccccc2S3)cc1. The smallest absolute Gasteiger partial charge is 0.0529 e. The third-order valence-electron chi connectivity index (χ3n) is 3.67. The third kappa shape index (κ3) is 2.55. The lowest BCUT2D eigenvalue weighted by atomic mass is 10.0. The molecular formula is C19H15NS. The number of benzene rings is 3. The predicted octanol–water partition coefficient (Wildman–Crippen LogP) is 5.49. The van der Waals surface area contributed by atoms with Gasteiger partial charge in [-0.3, -0.25) is 0 Å². The minimum atomic E-state index is 0.974. The van der Waals surface area contributed by atoms with Crippen molar-refractivity contribution in [1.29, 1.82) is 0 Å². The molecule has 0 spiro atoms. The molecule has 21 heavy (non-hydrogen) atoms. The van der Waals surface area contributed by atoms with Crippen molar-refractivity contribution in [3.63, 3.8) is 0 Å². The van der Waals surface area contributed by atoms with E-state index in [-0.39, 0.29) is 0 Å². The highest BCUT2D eigenvalue weighted by molar-refractivity contribution is 7.99. The molecule has 1 aliphatic heterocycles. The van der Waals surface area contributed by atoms with Crippen LogP contribution in [-0.2, 0) is 6.42 Å². The van der Waals surface area contributed by atoms with Gasteiger partial charge in [0.05, 0.1) is 11.4 Å². The number of hydrogen-bond donors (Lipinski definition) is 1. The molecule has 0 unspecified atom stereocenters. The number of fused-ring (bicyclic) bond motifs is 2. The topological polar surface area (TPSA) is 12.0 Å². The van der Waals surface area contributed by atoms with E-state index < -0.39 is 0 Å². The van der Waals surface area contributed by atoms with E-state index in [9.17, 15) is 0 Å². The van der Waals surface area contributed by atoms with E-state index in [1.807, 2.05) is 11.8 Å². The summed E-state index contributed by atoms with van der Waals surface area (Å²) in [4.78, 5) is 2.59. The molecule has 0 amide bonds. The molecule has 0 radical (unpaired) electrons. The van der Waals surface area contributed by atoms with Gasteiger partial charge in [0.25, 0.3) is 0 Å². The van der Waals surface area contributed by atoms with Crippen LogP contribution in [0.3, 0.4) is 0 Å². The Balaban J connectivity index is 1.64. The van der Waals surface area contributed by atoms with Crippen LogP contribution in [0.4, 0.5) is 11.4 Å². The van der Waals surface area contributed by atoms with Crippen molar-refractivity contribution >= 4 is 23.1 Å². The molecular weight excluding hydrogens is 274 g/mol. The standard InChI is InChI=1S/C19H15NS/c1-2-6-14(7-3-1)12-15-10-11-19-17(13-15)20-16-8-4-5-9-18(16)21-19/h1-11,13,20H,12H2. The Bertz CT molecular complexity index is 781. The van der Waals surface area contributed by atoms with Gasteiger partial charge >= 0.3 is 0 Å². The minimum absolute atomic E-state index is 0.974. The molecule has 1 aliphatic rings. The second-order valence-electron chi connectivity index (χ2n) is 5.22. The fourth-order valence-corrected chi connectivity index (χ4v) is 3.60. The van der Waals surface area contributed by atoms with Crippen molar-refractivity contribution in [3.8, 4) is 0 Å². The Morgan fingerprint density at radius 3 is 2.33 bits per heavy atom. The summed E-state index contributed by atoms with van der Waals surface area (Å²) in [5, 5.41) is 3.55. The highest BCUT2D eigenvalue weighted by atomic mass is 32.2. The van der Waals surface area contributed by atoms with Gasteiger partial charge in [-0.05, 0) is 41.8 Å². The van der Waals surface area contributed by atoms with Crippen LogP contribution in [0.15, 0.2) is 82.6 Å². The van der Waals surface area contributed by atoms with Crippen molar-refractivity contribution in [2.45, 2.75) is 16.2 Å². The van der Waals surface area contributed by atoms with Gasteiger partial charge in [0.15, 0.2) is 0 Å². The maximum Gasteiger partial charge on any atom is 0.0529 e. The van der Waals surface area contributed by atoms with Crippen molar-refractivity contribution in [1.82, 2.24) is 0 Å². The van der Waals surface area contributed by atoms with Gasteiger partial charge in [0, 0.05) is 9.79 Å². The first-order valence-electron chi connectivity index (χ1n) is 7.09. The van der Waals surface area contributed by atoms with Gasteiger partial charge in [0.2, 0.25) is 0 Å². The molecule has 0 aliphatic carbocycles. The molecule has 0 fully saturated rings. The van der Waals surface area contributed by atoms with Crippen molar-refractivity contribution in [3.05, 3.63) is 83.9 Å². The molecule has 0 saturated carbocycles. The average molecular weight is 289 g/mol. The molecule has 1 nitrogen and oxygen atoms in total. The molecule has 0 aromatic heterocycles. The van der Waals surface area contributed by atoms with Crippen LogP contribution in [0.1, 0.15) is 11.1 Å². The molecule has 102 valence electrons. The molecule has 0 bridgehead atoms. The van der Waals surface area contributed by atoms with E-state index in [1.165, 1.54) is 32.3 Å². The lowest BCUT2D eigenvalue weighted by molar-refractivity contribution is 1.17. The lowest BCUT2D eigenvalue weighted by Crippen LogP contribution is -2.00. The van der Waals surface area contributed by atoms with Gasteiger partial charge in [-0.15, -0.1) is 0 Å². The summed E-state index contributed by atoms with van der Waals surface area (Å²) in [5.74, 6) is 0. The molecule has 3 aromatic rings. The monoisotopic (exact) mass is 289 g/mol. The van der Waals surface area contributed by atoms with Crippen LogP contribution in [-0.4, -0.2) is 0 Å². The number of rotatable bonds is 2. The Morgan fingerprint density at radius 1 is 0.667 bits per heavy atom. The number of hydrogen-bond acceptors (Lipinski definition) is 2. The maximum atomic E-state index is 3.55. The van der Waals surface area contributed by atoms with Crippen LogP contribution >= 0.6 is 11.8 Å². The summed E-state index contributed by atoms with van der Waals surface area (Å²) in [6.07, 6.45) is 0.974. The Kier molecular flexibility index (Phi) is 3.17. The highest BCUT2D eigenvalue weighted by Crippen LogP contribution is 2.44. The van der Waals surface area contributed by atoms with Gasteiger partial charge in [-0.2, -0.15) is 0 Å². The Hall–Kier alpha value is -2.19. The lowest BCUT2D eigenvalue weighted by Gasteiger charge is -2.21. The largest absolute Gasteiger partial charge is 0.354 e. The zero-order valence-electron chi connectivity index (χ0n) is 11.5. The quantitative estimate of drug-likeness (QED) is 0.524. The zero-order valence-corrected chi connectivity index (χ0v) is 12.4. The van der Waals surface area contributed by atoms with Crippen molar-refractivity contribution in [2.24, 2.45) is 0 Å². The molecule has 2 heteroatoms. The highest BCUT2D eigenvalue weighted by Gasteiger charge is 2.15. The van der Waals surface area contributed by atoms with Crippen LogP contribution in [0.25, 0.3) is 0 Å².